The lowest BCUT2D eigenvalue weighted by molar-refractivity contribution is -0.354. The third-order valence-corrected chi connectivity index (χ3v) is 2.51. The van der Waals surface area contributed by atoms with Crippen LogP contribution in [0.3, 0.4) is 0 Å². The van der Waals surface area contributed by atoms with Crippen molar-refractivity contribution in [2.24, 2.45) is 0 Å². The molecule has 0 aliphatic rings. The van der Waals surface area contributed by atoms with E-state index < -0.39 is 41.4 Å². The molecule has 23 heavy (non-hydrogen) atoms. The summed E-state index contributed by atoms with van der Waals surface area (Å²) in [5.74, 6) is -4.19. The zero-order valence-electron chi connectivity index (χ0n) is 10.5. The number of aliphatic hydroxyl groups is 1. The Balaban J connectivity index is 3.10. The van der Waals surface area contributed by atoms with Crippen molar-refractivity contribution in [3.05, 3.63) is 29.8 Å². The molecule has 12 heteroatoms. The van der Waals surface area contributed by atoms with E-state index in [1.165, 1.54) is 0 Å². The van der Waals surface area contributed by atoms with Crippen LogP contribution in [0.15, 0.2) is 24.3 Å². The summed E-state index contributed by atoms with van der Waals surface area (Å²) in [5.41, 5.74) is -7.10. The first-order chi connectivity index (χ1) is 10.1. The number of rotatable bonds is 2. The molecular formula is C11H5F9O3. The van der Waals surface area contributed by atoms with E-state index in [1.54, 1.807) is 0 Å². The SMILES string of the molecule is O=C(Oc1ccc(C(F)(F)F)cc1)C(O)(C(F)(F)F)C(F)(F)F. The van der Waals surface area contributed by atoms with Crippen molar-refractivity contribution in [2.45, 2.75) is 24.1 Å². The minimum absolute atomic E-state index is 0.267. The first-order valence-corrected chi connectivity index (χ1v) is 5.36. The van der Waals surface area contributed by atoms with Gasteiger partial charge in [-0.15, -0.1) is 0 Å². The number of benzene rings is 1. The van der Waals surface area contributed by atoms with Crippen LogP contribution in [0.4, 0.5) is 39.5 Å². The molecule has 0 radical (unpaired) electrons. The summed E-state index contributed by atoms with van der Waals surface area (Å²) in [6, 6.07) is 1.19. The second-order valence-corrected chi connectivity index (χ2v) is 4.12. The Morgan fingerprint density at radius 2 is 1.22 bits per heavy atom. The summed E-state index contributed by atoms with van der Waals surface area (Å²) >= 11 is 0. The fourth-order valence-corrected chi connectivity index (χ4v) is 1.29. The Labute approximate surface area is 121 Å². The van der Waals surface area contributed by atoms with Crippen molar-refractivity contribution < 1.29 is 54.2 Å². The second-order valence-electron chi connectivity index (χ2n) is 4.12. The molecule has 0 unspecified atom stereocenters. The van der Waals surface area contributed by atoms with Crippen LogP contribution in [0.1, 0.15) is 5.56 Å². The van der Waals surface area contributed by atoms with Crippen LogP contribution in [0.25, 0.3) is 0 Å². The first-order valence-electron chi connectivity index (χ1n) is 5.36. The molecule has 0 saturated carbocycles. The van der Waals surface area contributed by atoms with Crippen molar-refractivity contribution in [1.29, 1.82) is 0 Å². The van der Waals surface area contributed by atoms with Gasteiger partial charge < -0.3 is 9.84 Å². The summed E-state index contributed by atoms with van der Waals surface area (Å²) in [7, 11) is 0. The van der Waals surface area contributed by atoms with Crippen LogP contribution in [0.2, 0.25) is 0 Å². The number of carbonyl (C=O) groups is 1. The quantitative estimate of drug-likeness (QED) is 0.502. The highest BCUT2D eigenvalue weighted by Gasteiger charge is 2.76. The Kier molecular flexibility index (Phi) is 4.63. The van der Waals surface area contributed by atoms with Gasteiger partial charge in [0.1, 0.15) is 5.75 Å². The highest BCUT2D eigenvalue weighted by atomic mass is 19.4. The van der Waals surface area contributed by atoms with Crippen molar-refractivity contribution in [3.8, 4) is 5.75 Å². The molecule has 1 aromatic carbocycles. The first kappa shape index (κ1) is 19.1. The molecule has 1 N–H and O–H groups in total. The minimum Gasteiger partial charge on any atom is -0.424 e. The molecule has 0 spiro atoms. The van der Waals surface area contributed by atoms with Gasteiger partial charge in [-0.1, -0.05) is 0 Å². The molecule has 130 valence electrons. The van der Waals surface area contributed by atoms with E-state index in [9.17, 15) is 44.3 Å². The average Bonchev–Trinajstić information content (AvgIpc) is 2.34. The fraction of sp³-hybridized carbons (Fsp3) is 0.364. The number of halogens is 9. The zero-order valence-corrected chi connectivity index (χ0v) is 10.5. The van der Waals surface area contributed by atoms with Crippen LogP contribution in [-0.4, -0.2) is 29.0 Å². The predicted octanol–water partition coefficient (Wildman–Crippen LogP) is 3.47. The van der Waals surface area contributed by atoms with E-state index in [1.807, 2.05) is 0 Å². The Bertz CT molecular complexity index is 554. The summed E-state index contributed by atoms with van der Waals surface area (Å²) < 4.78 is 115. The number of esters is 1. The van der Waals surface area contributed by atoms with Gasteiger partial charge in [0.25, 0.3) is 0 Å². The highest BCUT2D eigenvalue weighted by Crippen LogP contribution is 2.44. The molecule has 0 aromatic heterocycles. The molecule has 0 heterocycles. The highest BCUT2D eigenvalue weighted by molar-refractivity contribution is 5.83. The normalized spacial score (nSPS) is 13.8. The maximum absolute atomic E-state index is 12.4. The molecule has 0 fully saturated rings. The number of alkyl halides is 9. The van der Waals surface area contributed by atoms with Gasteiger partial charge in [-0.05, 0) is 24.3 Å². The van der Waals surface area contributed by atoms with Crippen molar-refractivity contribution in [1.82, 2.24) is 0 Å². The van der Waals surface area contributed by atoms with Crippen LogP contribution in [0.5, 0.6) is 5.75 Å². The Morgan fingerprint density at radius 1 is 0.826 bits per heavy atom. The molecular weight excluding hydrogens is 351 g/mol. The molecule has 0 amide bonds. The fourth-order valence-electron chi connectivity index (χ4n) is 1.29. The molecule has 0 saturated heterocycles. The van der Waals surface area contributed by atoms with Gasteiger partial charge in [-0.2, -0.15) is 39.5 Å². The zero-order chi connectivity index (χ0) is 18.3. The van der Waals surface area contributed by atoms with Gasteiger partial charge in [0.05, 0.1) is 5.56 Å². The monoisotopic (exact) mass is 356 g/mol. The van der Waals surface area contributed by atoms with E-state index in [0.717, 1.165) is 0 Å². The number of hydrogen-bond donors (Lipinski definition) is 1. The number of hydrogen-bond acceptors (Lipinski definition) is 3. The van der Waals surface area contributed by atoms with Gasteiger partial charge in [-0.25, -0.2) is 4.79 Å². The number of carbonyl (C=O) groups excluding carboxylic acids is 1. The van der Waals surface area contributed by atoms with E-state index in [2.05, 4.69) is 4.74 Å². The van der Waals surface area contributed by atoms with Crippen molar-refractivity contribution in [2.75, 3.05) is 0 Å². The third kappa shape index (κ3) is 3.68. The molecule has 0 bridgehead atoms. The van der Waals surface area contributed by atoms with Crippen LogP contribution < -0.4 is 4.74 Å². The topological polar surface area (TPSA) is 46.5 Å². The molecule has 0 aliphatic carbocycles. The molecule has 1 aromatic rings. The lowest BCUT2D eigenvalue weighted by atomic mass is 10.0. The summed E-state index contributed by atoms with van der Waals surface area (Å²) in [4.78, 5) is 11.1. The van der Waals surface area contributed by atoms with E-state index in [4.69, 9.17) is 5.11 Å². The van der Waals surface area contributed by atoms with Crippen LogP contribution in [0, 0.1) is 0 Å². The minimum atomic E-state index is -6.45. The van der Waals surface area contributed by atoms with E-state index >= 15 is 0 Å². The van der Waals surface area contributed by atoms with Gasteiger partial charge in [0, 0.05) is 0 Å². The lowest BCUT2D eigenvalue weighted by Crippen LogP contribution is -2.63. The predicted molar refractivity (Wildman–Crippen MR) is 54.1 cm³/mol. The Morgan fingerprint density at radius 3 is 1.52 bits per heavy atom. The largest absolute Gasteiger partial charge is 0.437 e. The van der Waals surface area contributed by atoms with Gasteiger partial charge in [0.15, 0.2) is 0 Å². The Hall–Kier alpha value is -1.98. The summed E-state index contributed by atoms with van der Waals surface area (Å²) in [6.07, 6.45) is -17.7. The standard InChI is InChI=1S/C11H5F9O3/c12-9(13,14)5-1-3-6(4-2-5)23-7(21)8(22,10(15,16)17)11(18,19)20/h1-4,22H. The van der Waals surface area contributed by atoms with Crippen molar-refractivity contribution in [3.63, 3.8) is 0 Å². The van der Waals surface area contributed by atoms with Gasteiger partial charge >= 0.3 is 30.1 Å². The maximum atomic E-state index is 12.4. The van der Waals surface area contributed by atoms with E-state index in [0.29, 0.717) is 12.1 Å². The van der Waals surface area contributed by atoms with Crippen LogP contribution in [-0.2, 0) is 11.0 Å². The molecule has 1 rings (SSSR count). The van der Waals surface area contributed by atoms with Gasteiger partial charge in [-0.3, -0.25) is 0 Å². The average molecular weight is 356 g/mol. The van der Waals surface area contributed by atoms with Crippen LogP contribution >= 0.6 is 0 Å². The summed E-state index contributed by atoms with van der Waals surface area (Å²) in [5, 5.41) is 8.69. The smallest absolute Gasteiger partial charge is 0.424 e. The second kappa shape index (κ2) is 5.58. The third-order valence-electron chi connectivity index (χ3n) is 2.51. The molecule has 0 aliphatic heterocycles. The summed E-state index contributed by atoms with van der Waals surface area (Å²) in [6.45, 7) is 0. The molecule has 0 atom stereocenters. The lowest BCUT2D eigenvalue weighted by Gasteiger charge is -2.29. The maximum Gasteiger partial charge on any atom is 0.437 e. The van der Waals surface area contributed by atoms with E-state index in [-0.39, 0.29) is 12.1 Å². The molecule has 3 nitrogen and oxygen atoms in total. The number of ether oxygens (including phenoxy) is 1. The van der Waals surface area contributed by atoms with Crippen molar-refractivity contribution >= 4 is 5.97 Å². The van der Waals surface area contributed by atoms with Gasteiger partial charge in [0.2, 0.25) is 0 Å².